The van der Waals surface area contributed by atoms with Crippen LogP contribution >= 0.6 is 0 Å². The van der Waals surface area contributed by atoms with Crippen molar-refractivity contribution in [3.63, 3.8) is 0 Å². The molecule has 0 spiro atoms. The molecule has 0 aromatic heterocycles. The fourth-order valence-corrected chi connectivity index (χ4v) is 2.53. The summed E-state index contributed by atoms with van der Waals surface area (Å²) in [5, 5.41) is 6.23. The van der Waals surface area contributed by atoms with Gasteiger partial charge < -0.3 is 20.1 Å². The molecule has 5 heteroatoms. The highest BCUT2D eigenvalue weighted by Gasteiger charge is 2.22. The largest absolute Gasteiger partial charge is 0.454 e. The number of rotatable bonds is 3. The van der Waals surface area contributed by atoms with Crippen molar-refractivity contribution >= 4 is 5.91 Å². The van der Waals surface area contributed by atoms with Gasteiger partial charge in [0.1, 0.15) is 0 Å². The lowest BCUT2D eigenvalue weighted by molar-refractivity contribution is -0.125. The fraction of sp³-hybridized carbons (Fsp3) is 0.500. The maximum atomic E-state index is 12.0. The lowest BCUT2D eigenvalue weighted by Gasteiger charge is -2.22. The normalized spacial score (nSPS) is 21.2. The molecule has 2 N–H and O–H groups in total. The number of hydrogen-bond acceptors (Lipinski definition) is 4. The van der Waals surface area contributed by atoms with Crippen LogP contribution in [0.3, 0.4) is 0 Å². The minimum atomic E-state index is 0.0858. The SMILES string of the molecule is O=C(NCc1cccc2c1OCO2)C1CCCNC1. The average molecular weight is 262 g/mol. The summed E-state index contributed by atoms with van der Waals surface area (Å²) >= 11 is 0. The van der Waals surface area contributed by atoms with Crippen LogP contribution in [0.15, 0.2) is 18.2 Å². The van der Waals surface area contributed by atoms with Crippen molar-refractivity contribution in [1.29, 1.82) is 0 Å². The van der Waals surface area contributed by atoms with E-state index in [1.807, 2.05) is 18.2 Å². The molecule has 0 aliphatic carbocycles. The van der Waals surface area contributed by atoms with E-state index < -0.39 is 0 Å². The van der Waals surface area contributed by atoms with Crippen LogP contribution in [0, 0.1) is 5.92 Å². The number of hydrogen-bond donors (Lipinski definition) is 2. The first-order chi connectivity index (χ1) is 9.34. The Labute approximate surface area is 112 Å². The Morgan fingerprint density at radius 1 is 1.42 bits per heavy atom. The Balaban J connectivity index is 1.60. The Bertz CT molecular complexity index is 470. The standard InChI is InChI=1S/C14H18N2O3/c17-14(11-4-2-6-15-7-11)16-8-10-3-1-5-12-13(10)19-9-18-12/h1,3,5,11,15H,2,4,6-9H2,(H,16,17). The van der Waals surface area contributed by atoms with Crippen LogP contribution in [0.25, 0.3) is 0 Å². The molecule has 0 saturated carbocycles. The first-order valence-electron chi connectivity index (χ1n) is 6.70. The highest BCUT2D eigenvalue weighted by molar-refractivity contribution is 5.79. The van der Waals surface area contributed by atoms with Crippen LogP contribution < -0.4 is 20.1 Å². The minimum absolute atomic E-state index is 0.0858. The van der Waals surface area contributed by atoms with E-state index >= 15 is 0 Å². The second kappa shape index (κ2) is 5.48. The molecule has 2 aliphatic rings. The van der Waals surface area contributed by atoms with Crippen LogP contribution in [0.4, 0.5) is 0 Å². The zero-order chi connectivity index (χ0) is 13.1. The van der Waals surface area contributed by atoms with E-state index in [0.717, 1.165) is 43.0 Å². The number of carbonyl (C=O) groups excluding carboxylic acids is 1. The zero-order valence-corrected chi connectivity index (χ0v) is 10.8. The van der Waals surface area contributed by atoms with Gasteiger partial charge >= 0.3 is 0 Å². The zero-order valence-electron chi connectivity index (χ0n) is 10.8. The number of carbonyl (C=O) groups is 1. The quantitative estimate of drug-likeness (QED) is 0.854. The van der Waals surface area contributed by atoms with Crippen LogP contribution in [0.5, 0.6) is 11.5 Å². The molecular weight excluding hydrogens is 244 g/mol. The topological polar surface area (TPSA) is 59.6 Å². The summed E-state index contributed by atoms with van der Waals surface area (Å²) < 4.78 is 10.7. The maximum Gasteiger partial charge on any atom is 0.231 e. The summed E-state index contributed by atoms with van der Waals surface area (Å²) in [5.41, 5.74) is 0.965. The third kappa shape index (κ3) is 2.66. The van der Waals surface area contributed by atoms with Gasteiger partial charge in [-0.25, -0.2) is 0 Å². The summed E-state index contributed by atoms with van der Waals surface area (Å²) in [5.74, 6) is 1.71. The van der Waals surface area contributed by atoms with Crippen LogP contribution in [-0.2, 0) is 11.3 Å². The summed E-state index contributed by atoms with van der Waals surface area (Å²) in [6, 6.07) is 5.74. The number of fused-ring (bicyclic) bond motifs is 1. The van der Waals surface area contributed by atoms with Crippen molar-refractivity contribution in [1.82, 2.24) is 10.6 Å². The van der Waals surface area contributed by atoms with Gasteiger partial charge in [0.15, 0.2) is 11.5 Å². The average Bonchev–Trinajstić information content (AvgIpc) is 2.94. The number of ether oxygens (including phenoxy) is 2. The first kappa shape index (κ1) is 12.3. The number of amides is 1. The predicted octanol–water partition coefficient (Wildman–Crippen LogP) is 1.03. The number of piperidine rings is 1. The van der Waals surface area contributed by atoms with Crippen molar-refractivity contribution < 1.29 is 14.3 Å². The van der Waals surface area contributed by atoms with Gasteiger partial charge in [0.25, 0.3) is 0 Å². The van der Waals surface area contributed by atoms with Crippen LogP contribution in [0.1, 0.15) is 18.4 Å². The molecule has 5 nitrogen and oxygen atoms in total. The summed E-state index contributed by atoms with van der Waals surface area (Å²) in [7, 11) is 0. The van der Waals surface area contributed by atoms with Gasteiger partial charge in [0, 0.05) is 18.7 Å². The van der Waals surface area contributed by atoms with Crippen molar-refractivity contribution in [2.24, 2.45) is 5.92 Å². The number of nitrogens with one attached hydrogen (secondary N) is 2. The second-order valence-corrected chi connectivity index (χ2v) is 4.91. The van der Waals surface area contributed by atoms with E-state index in [9.17, 15) is 4.79 Å². The molecule has 0 radical (unpaired) electrons. The monoisotopic (exact) mass is 262 g/mol. The highest BCUT2D eigenvalue weighted by Crippen LogP contribution is 2.35. The molecule has 3 rings (SSSR count). The first-order valence-corrected chi connectivity index (χ1v) is 6.70. The van der Waals surface area contributed by atoms with E-state index in [4.69, 9.17) is 9.47 Å². The van der Waals surface area contributed by atoms with E-state index in [2.05, 4.69) is 10.6 Å². The molecule has 1 unspecified atom stereocenters. The second-order valence-electron chi connectivity index (χ2n) is 4.91. The minimum Gasteiger partial charge on any atom is -0.454 e. The molecule has 1 saturated heterocycles. The Hall–Kier alpha value is -1.75. The third-order valence-electron chi connectivity index (χ3n) is 3.60. The number of benzene rings is 1. The maximum absolute atomic E-state index is 12.0. The van der Waals surface area contributed by atoms with Gasteiger partial charge in [-0.05, 0) is 25.5 Å². The molecule has 1 aromatic carbocycles. The van der Waals surface area contributed by atoms with E-state index in [0.29, 0.717) is 6.54 Å². The molecule has 19 heavy (non-hydrogen) atoms. The molecule has 1 aromatic rings. The summed E-state index contributed by atoms with van der Waals surface area (Å²) in [6.45, 7) is 2.54. The molecule has 2 aliphatic heterocycles. The van der Waals surface area contributed by atoms with Gasteiger partial charge in [0.05, 0.1) is 5.92 Å². The number of para-hydroxylation sites is 1. The molecular formula is C14H18N2O3. The highest BCUT2D eigenvalue weighted by atomic mass is 16.7. The van der Waals surface area contributed by atoms with Crippen molar-refractivity contribution in [2.45, 2.75) is 19.4 Å². The molecule has 1 fully saturated rings. The Morgan fingerprint density at radius 3 is 3.21 bits per heavy atom. The van der Waals surface area contributed by atoms with Gasteiger partial charge in [0.2, 0.25) is 12.7 Å². The molecule has 0 bridgehead atoms. The molecule has 1 atom stereocenters. The summed E-state index contributed by atoms with van der Waals surface area (Å²) in [6.07, 6.45) is 2.03. The van der Waals surface area contributed by atoms with Crippen LogP contribution in [0.2, 0.25) is 0 Å². The van der Waals surface area contributed by atoms with Gasteiger partial charge in [-0.15, -0.1) is 0 Å². The van der Waals surface area contributed by atoms with E-state index in [1.165, 1.54) is 0 Å². The van der Waals surface area contributed by atoms with Gasteiger partial charge in [-0.2, -0.15) is 0 Å². The van der Waals surface area contributed by atoms with E-state index in [1.54, 1.807) is 0 Å². The lowest BCUT2D eigenvalue weighted by atomic mass is 9.99. The Morgan fingerprint density at radius 2 is 2.37 bits per heavy atom. The molecule has 2 heterocycles. The van der Waals surface area contributed by atoms with Crippen molar-refractivity contribution in [2.75, 3.05) is 19.9 Å². The Kier molecular flexibility index (Phi) is 3.55. The predicted molar refractivity (Wildman–Crippen MR) is 70.0 cm³/mol. The molecule has 1 amide bonds. The van der Waals surface area contributed by atoms with Crippen molar-refractivity contribution in [3.8, 4) is 11.5 Å². The molecule has 102 valence electrons. The van der Waals surface area contributed by atoms with Crippen molar-refractivity contribution in [3.05, 3.63) is 23.8 Å². The van der Waals surface area contributed by atoms with Crippen LogP contribution in [-0.4, -0.2) is 25.8 Å². The third-order valence-corrected chi connectivity index (χ3v) is 3.60. The van der Waals surface area contributed by atoms with Gasteiger partial charge in [-0.1, -0.05) is 12.1 Å². The lowest BCUT2D eigenvalue weighted by Crippen LogP contribution is -2.40. The summed E-state index contributed by atoms with van der Waals surface area (Å²) in [4.78, 5) is 12.0. The van der Waals surface area contributed by atoms with E-state index in [-0.39, 0.29) is 18.6 Å². The fourth-order valence-electron chi connectivity index (χ4n) is 2.53. The van der Waals surface area contributed by atoms with Gasteiger partial charge in [-0.3, -0.25) is 4.79 Å². The smallest absolute Gasteiger partial charge is 0.231 e.